The third kappa shape index (κ3) is 2.71. The van der Waals surface area contributed by atoms with Gasteiger partial charge in [0.1, 0.15) is 0 Å². The molecule has 0 saturated carbocycles. The lowest BCUT2D eigenvalue weighted by molar-refractivity contribution is 0.0693. The minimum Gasteiger partial charge on any atom is -0.333 e. The molecule has 108 valence electrons. The van der Waals surface area contributed by atoms with Crippen molar-refractivity contribution in [2.45, 2.75) is 38.8 Å². The molecule has 2 atom stereocenters. The molecule has 0 radical (unpaired) electrons. The van der Waals surface area contributed by atoms with Crippen LogP contribution >= 0.6 is 0 Å². The van der Waals surface area contributed by atoms with E-state index in [2.05, 4.69) is 26.0 Å². The fraction of sp³-hybridized carbons (Fsp3) is 0.316. The van der Waals surface area contributed by atoms with Crippen molar-refractivity contribution in [3.8, 4) is 11.1 Å². The Balaban J connectivity index is 1.83. The SMILES string of the molecule is C[C@H]1CC[C@H](C)N1C(=O)c1ccc(-c2ccccc2)cc1. The van der Waals surface area contributed by atoms with Crippen molar-refractivity contribution in [1.29, 1.82) is 0 Å². The second-order valence-electron chi connectivity index (χ2n) is 5.93. The van der Waals surface area contributed by atoms with Crippen LogP contribution in [0.25, 0.3) is 11.1 Å². The zero-order valence-electron chi connectivity index (χ0n) is 12.6. The number of likely N-dealkylation sites (tertiary alicyclic amines) is 1. The Morgan fingerprint density at radius 1 is 0.857 bits per heavy atom. The molecule has 0 unspecified atom stereocenters. The van der Waals surface area contributed by atoms with Crippen LogP contribution in [0.15, 0.2) is 54.6 Å². The number of amides is 1. The highest BCUT2D eigenvalue weighted by Gasteiger charge is 2.31. The summed E-state index contributed by atoms with van der Waals surface area (Å²) >= 11 is 0. The summed E-state index contributed by atoms with van der Waals surface area (Å²) in [5, 5.41) is 0. The van der Waals surface area contributed by atoms with Gasteiger partial charge < -0.3 is 4.90 Å². The summed E-state index contributed by atoms with van der Waals surface area (Å²) < 4.78 is 0. The Kier molecular flexibility index (Phi) is 3.78. The van der Waals surface area contributed by atoms with Gasteiger partial charge in [0.2, 0.25) is 0 Å². The molecule has 1 heterocycles. The maximum absolute atomic E-state index is 12.6. The normalized spacial score (nSPS) is 21.5. The number of carbonyl (C=O) groups excluding carboxylic acids is 1. The van der Waals surface area contributed by atoms with E-state index in [1.807, 2.05) is 47.4 Å². The van der Waals surface area contributed by atoms with Crippen molar-refractivity contribution in [3.05, 3.63) is 60.2 Å². The minimum absolute atomic E-state index is 0.159. The first-order chi connectivity index (χ1) is 10.2. The van der Waals surface area contributed by atoms with Crippen LogP contribution in [-0.2, 0) is 0 Å². The molecule has 3 rings (SSSR count). The first-order valence-corrected chi connectivity index (χ1v) is 7.65. The van der Waals surface area contributed by atoms with E-state index < -0.39 is 0 Å². The number of nitrogens with zero attached hydrogens (tertiary/aromatic N) is 1. The van der Waals surface area contributed by atoms with E-state index in [0.29, 0.717) is 12.1 Å². The molecular weight excluding hydrogens is 258 g/mol. The maximum atomic E-state index is 12.6. The summed E-state index contributed by atoms with van der Waals surface area (Å²) in [5.74, 6) is 0.159. The largest absolute Gasteiger partial charge is 0.333 e. The molecule has 2 aromatic rings. The molecule has 1 fully saturated rings. The van der Waals surface area contributed by atoms with Gasteiger partial charge in [-0.3, -0.25) is 4.79 Å². The Hall–Kier alpha value is -2.09. The molecule has 2 heteroatoms. The topological polar surface area (TPSA) is 20.3 Å². The molecule has 0 spiro atoms. The van der Waals surface area contributed by atoms with E-state index in [1.165, 1.54) is 5.56 Å². The first-order valence-electron chi connectivity index (χ1n) is 7.65. The van der Waals surface area contributed by atoms with E-state index in [0.717, 1.165) is 24.0 Å². The molecule has 2 nitrogen and oxygen atoms in total. The fourth-order valence-electron chi connectivity index (χ4n) is 3.18. The monoisotopic (exact) mass is 279 g/mol. The molecular formula is C19H21NO. The summed E-state index contributed by atoms with van der Waals surface area (Å²) in [4.78, 5) is 14.7. The third-order valence-electron chi connectivity index (χ3n) is 4.43. The van der Waals surface area contributed by atoms with E-state index in [4.69, 9.17) is 0 Å². The molecule has 1 aliphatic rings. The lowest BCUT2D eigenvalue weighted by Crippen LogP contribution is -2.38. The lowest BCUT2D eigenvalue weighted by atomic mass is 10.0. The summed E-state index contributed by atoms with van der Waals surface area (Å²) in [6.45, 7) is 4.28. The fourth-order valence-corrected chi connectivity index (χ4v) is 3.18. The van der Waals surface area contributed by atoms with Gasteiger partial charge >= 0.3 is 0 Å². The summed E-state index contributed by atoms with van der Waals surface area (Å²) in [5.41, 5.74) is 3.12. The van der Waals surface area contributed by atoms with Crippen LogP contribution in [0.1, 0.15) is 37.0 Å². The number of benzene rings is 2. The smallest absolute Gasteiger partial charge is 0.254 e. The molecule has 21 heavy (non-hydrogen) atoms. The molecule has 1 amide bonds. The number of carbonyl (C=O) groups is 1. The van der Waals surface area contributed by atoms with Crippen LogP contribution in [0.2, 0.25) is 0 Å². The second-order valence-corrected chi connectivity index (χ2v) is 5.93. The molecule has 0 bridgehead atoms. The lowest BCUT2D eigenvalue weighted by Gasteiger charge is -2.26. The maximum Gasteiger partial charge on any atom is 0.254 e. The highest BCUT2D eigenvalue weighted by atomic mass is 16.2. The van der Waals surface area contributed by atoms with Gasteiger partial charge in [0.05, 0.1) is 0 Å². The van der Waals surface area contributed by atoms with Crippen LogP contribution in [-0.4, -0.2) is 22.9 Å². The van der Waals surface area contributed by atoms with Crippen LogP contribution < -0.4 is 0 Å². The standard InChI is InChI=1S/C19H21NO/c1-14-8-9-15(2)20(14)19(21)18-12-10-17(11-13-18)16-6-4-3-5-7-16/h3-7,10-15H,8-9H2,1-2H3/t14-,15-/m0/s1. The minimum atomic E-state index is 0.159. The molecule has 1 saturated heterocycles. The summed E-state index contributed by atoms with van der Waals surface area (Å²) in [7, 11) is 0. The Morgan fingerprint density at radius 2 is 1.38 bits per heavy atom. The molecule has 0 aliphatic carbocycles. The van der Waals surface area contributed by atoms with Gasteiger partial charge in [0, 0.05) is 17.6 Å². The molecule has 0 N–H and O–H groups in total. The van der Waals surface area contributed by atoms with Gasteiger partial charge in [-0.15, -0.1) is 0 Å². The van der Waals surface area contributed by atoms with E-state index in [9.17, 15) is 4.79 Å². The quantitative estimate of drug-likeness (QED) is 0.799. The van der Waals surface area contributed by atoms with Crippen LogP contribution in [0.3, 0.4) is 0 Å². The summed E-state index contributed by atoms with van der Waals surface area (Å²) in [6.07, 6.45) is 2.21. The van der Waals surface area contributed by atoms with E-state index >= 15 is 0 Å². The van der Waals surface area contributed by atoms with Crippen molar-refractivity contribution in [2.24, 2.45) is 0 Å². The van der Waals surface area contributed by atoms with Gasteiger partial charge in [0.25, 0.3) is 5.91 Å². The molecule has 2 aromatic carbocycles. The zero-order valence-corrected chi connectivity index (χ0v) is 12.6. The predicted molar refractivity (Wildman–Crippen MR) is 86.2 cm³/mol. The van der Waals surface area contributed by atoms with Gasteiger partial charge in [-0.1, -0.05) is 42.5 Å². The van der Waals surface area contributed by atoms with E-state index in [1.54, 1.807) is 0 Å². The number of hydrogen-bond donors (Lipinski definition) is 0. The first kappa shape index (κ1) is 13.9. The average molecular weight is 279 g/mol. The van der Waals surface area contributed by atoms with Gasteiger partial charge in [0.15, 0.2) is 0 Å². The third-order valence-corrected chi connectivity index (χ3v) is 4.43. The van der Waals surface area contributed by atoms with Crippen LogP contribution in [0, 0.1) is 0 Å². The number of hydrogen-bond acceptors (Lipinski definition) is 1. The Labute approximate surface area is 126 Å². The Bertz CT molecular complexity index is 608. The van der Waals surface area contributed by atoms with Crippen molar-refractivity contribution in [1.82, 2.24) is 4.90 Å². The predicted octanol–water partition coefficient (Wildman–Crippen LogP) is 4.37. The molecule has 1 aliphatic heterocycles. The Morgan fingerprint density at radius 3 is 1.95 bits per heavy atom. The van der Waals surface area contributed by atoms with Gasteiger partial charge in [-0.25, -0.2) is 0 Å². The molecule has 0 aromatic heterocycles. The van der Waals surface area contributed by atoms with Crippen molar-refractivity contribution in [3.63, 3.8) is 0 Å². The van der Waals surface area contributed by atoms with Crippen LogP contribution in [0.4, 0.5) is 0 Å². The van der Waals surface area contributed by atoms with Gasteiger partial charge in [-0.2, -0.15) is 0 Å². The van der Waals surface area contributed by atoms with Crippen molar-refractivity contribution >= 4 is 5.91 Å². The average Bonchev–Trinajstić information content (AvgIpc) is 2.87. The summed E-state index contributed by atoms with van der Waals surface area (Å²) in [6, 6.07) is 18.9. The van der Waals surface area contributed by atoms with Gasteiger partial charge in [-0.05, 0) is 49.9 Å². The van der Waals surface area contributed by atoms with Crippen molar-refractivity contribution in [2.75, 3.05) is 0 Å². The van der Waals surface area contributed by atoms with Crippen molar-refractivity contribution < 1.29 is 4.79 Å². The second kappa shape index (κ2) is 5.72. The highest BCUT2D eigenvalue weighted by molar-refractivity contribution is 5.95. The highest BCUT2D eigenvalue weighted by Crippen LogP contribution is 2.26. The number of rotatable bonds is 2. The van der Waals surface area contributed by atoms with E-state index in [-0.39, 0.29) is 5.91 Å². The zero-order chi connectivity index (χ0) is 14.8. The van der Waals surface area contributed by atoms with Crippen LogP contribution in [0.5, 0.6) is 0 Å².